The number of hydrogen-bond donors (Lipinski definition) is 1. The molecule has 0 saturated heterocycles. The van der Waals surface area contributed by atoms with E-state index >= 15 is 0 Å². The van der Waals surface area contributed by atoms with Gasteiger partial charge in [0.1, 0.15) is 11.0 Å². The molecule has 16 heavy (non-hydrogen) atoms. The van der Waals surface area contributed by atoms with Crippen LogP contribution < -0.4 is 5.32 Å². The van der Waals surface area contributed by atoms with Crippen LogP contribution in [0.15, 0.2) is 18.2 Å². The van der Waals surface area contributed by atoms with Gasteiger partial charge in [0.2, 0.25) is 0 Å². The highest BCUT2D eigenvalue weighted by Gasteiger charge is 2.20. The highest BCUT2D eigenvalue weighted by molar-refractivity contribution is 6.29. The Morgan fingerprint density at radius 3 is 3.06 bits per heavy atom. The zero-order chi connectivity index (χ0) is 11.2. The van der Waals surface area contributed by atoms with E-state index in [4.69, 9.17) is 16.3 Å². The molecule has 1 heterocycles. The van der Waals surface area contributed by atoms with Crippen molar-refractivity contribution in [3.05, 3.63) is 23.4 Å². The lowest BCUT2D eigenvalue weighted by molar-refractivity contribution is 0.124. The molecular formula is C12H17ClN2O. The molecule has 88 valence electrons. The fourth-order valence-electron chi connectivity index (χ4n) is 1.43. The van der Waals surface area contributed by atoms with Crippen LogP contribution in [0.25, 0.3) is 0 Å². The number of halogens is 1. The van der Waals surface area contributed by atoms with Gasteiger partial charge in [0.15, 0.2) is 0 Å². The summed E-state index contributed by atoms with van der Waals surface area (Å²) in [5.74, 6) is 1.68. The Hall–Kier alpha value is -0.800. The molecule has 1 aromatic heterocycles. The normalized spacial score (nSPS) is 15.1. The van der Waals surface area contributed by atoms with E-state index in [-0.39, 0.29) is 0 Å². The van der Waals surface area contributed by atoms with Crippen molar-refractivity contribution in [2.75, 3.05) is 25.1 Å². The van der Waals surface area contributed by atoms with Crippen LogP contribution in [-0.4, -0.2) is 24.7 Å². The van der Waals surface area contributed by atoms with Crippen LogP contribution in [-0.2, 0) is 4.74 Å². The quantitative estimate of drug-likeness (QED) is 0.588. The second-order valence-corrected chi connectivity index (χ2v) is 4.53. The molecule has 0 unspecified atom stereocenters. The molecule has 3 nitrogen and oxygen atoms in total. The Labute approximate surface area is 101 Å². The maximum Gasteiger partial charge on any atom is 0.131 e. The molecule has 0 aromatic carbocycles. The number of aromatic nitrogens is 1. The van der Waals surface area contributed by atoms with E-state index in [9.17, 15) is 0 Å². The van der Waals surface area contributed by atoms with E-state index in [2.05, 4.69) is 10.3 Å². The van der Waals surface area contributed by atoms with Crippen LogP contribution in [0.4, 0.5) is 5.82 Å². The van der Waals surface area contributed by atoms with Gasteiger partial charge < -0.3 is 10.1 Å². The first-order valence-corrected chi connectivity index (χ1v) is 6.16. The minimum absolute atomic E-state index is 0.523. The van der Waals surface area contributed by atoms with Crippen molar-refractivity contribution in [1.29, 1.82) is 0 Å². The molecule has 1 N–H and O–H groups in total. The van der Waals surface area contributed by atoms with E-state index in [0.717, 1.165) is 37.9 Å². The largest absolute Gasteiger partial charge is 0.381 e. The third-order valence-electron chi connectivity index (χ3n) is 2.54. The molecule has 1 aliphatic rings. The molecule has 0 spiro atoms. The van der Waals surface area contributed by atoms with E-state index < -0.39 is 0 Å². The number of nitrogens with zero attached hydrogens (tertiary/aromatic N) is 1. The highest BCUT2D eigenvalue weighted by atomic mass is 35.5. The predicted octanol–water partition coefficient (Wildman–Crippen LogP) is 2.96. The Morgan fingerprint density at radius 1 is 1.44 bits per heavy atom. The third kappa shape index (κ3) is 4.37. The van der Waals surface area contributed by atoms with Crippen molar-refractivity contribution < 1.29 is 4.74 Å². The van der Waals surface area contributed by atoms with Crippen molar-refractivity contribution in [2.45, 2.75) is 19.3 Å². The number of rotatable bonds is 7. The molecule has 4 heteroatoms. The summed E-state index contributed by atoms with van der Waals surface area (Å²) >= 11 is 5.77. The maximum absolute atomic E-state index is 5.77. The van der Waals surface area contributed by atoms with Crippen LogP contribution in [0.5, 0.6) is 0 Å². The van der Waals surface area contributed by atoms with Crippen molar-refractivity contribution in [2.24, 2.45) is 5.92 Å². The zero-order valence-corrected chi connectivity index (χ0v) is 10.0. The summed E-state index contributed by atoms with van der Waals surface area (Å²) in [4.78, 5) is 4.14. The molecule has 0 atom stereocenters. The van der Waals surface area contributed by atoms with Gasteiger partial charge in [0.05, 0.1) is 0 Å². The number of hydrogen-bond acceptors (Lipinski definition) is 3. The first-order valence-electron chi connectivity index (χ1n) is 5.79. The van der Waals surface area contributed by atoms with Crippen molar-refractivity contribution >= 4 is 17.4 Å². The van der Waals surface area contributed by atoms with Gasteiger partial charge >= 0.3 is 0 Å². The lowest BCUT2D eigenvalue weighted by Crippen LogP contribution is -2.07. The van der Waals surface area contributed by atoms with E-state index in [1.165, 1.54) is 12.8 Å². The lowest BCUT2D eigenvalue weighted by atomic mass is 10.4. The molecule has 1 aliphatic carbocycles. The summed E-state index contributed by atoms with van der Waals surface area (Å²) in [7, 11) is 0. The Bertz CT molecular complexity index is 329. The van der Waals surface area contributed by atoms with Crippen molar-refractivity contribution in [1.82, 2.24) is 4.98 Å². The first-order chi connectivity index (χ1) is 7.84. The zero-order valence-electron chi connectivity index (χ0n) is 9.29. The summed E-state index contributed by atoms with van der Waals surface area (Å²) in [5.41, 5.74) is 0. The standard InChI is InChI=1S/C12H17ClN2O/c13-11-3-1-4-12(15-11)14-7-2-8-16-9-10-5-6-10/h1,3-4,10H,2,5-9H2,(H,14,15). The highest BCUT2D eigenvalue weighted by Crippen LogP contribution is 2.28. The van der Waals surface area contributed by atoms with E-state index in [0.29, 0.717) is 5.15 Å². The fraction of sp³-hybridized carbons (Fsp3) is 0.583. The molecular weight excluding hydrogens is 224 g/mol. The average molecular weight is 241 g/mol. The van der Waals surface area contributed by atoms with Gasteiger partial charge in [-0.1, -0.05) is 17.7 Å². The number of anilines is 1. The van der Waals surface area contributed by atoms with Gasteiger partial charge in [-0.3, -0.25) is 0 Å². The molecule has 1 saturated carbocycles. The van der Waals surface area contributed by atoms with Crippen LogP contribution in [0.1, 0.15) is 19.3 Å². The van der Waals surface area contributed by atoms with Crippen LogP contribution in [0, 0.1) is 5.92 Å². The van der Waals surface area contributed by atoms with E-state index in [1.807, 2.05) is 12.1 Å². The molecule has 0 radical (unpaired) electrons. The first kappa shape index (κ1) is 11.7. The SMILES string of the molecule is Clc1cccc(NCCCOCC2CC2)n1. The van der Waals surface area contributed by atoms with Gasteiger partial charge in [-0.05, 0) is 37.3 Å². The smallest absolute Gasteiger partial charge is 0.131 e. The summed E-state index contributed by atoms with van der Waals surface area (Å²) in [6.07, 6.45) is 3.70. The second-order valence-electron chi connectivity index (χ2n) is 4.14. The number of pyridine rings is 1. The lowest BCUT2D eigenvalue weighted by Gasteiger charge is -2.06. The van der Waals surface area contributed by atoms with Gasteiger partial charge in [-0.25, -0.2) is 4.98 Å². The van der Waals surface area contributed by atoms with Gasteiger partial charge in [-0.2, -0.15) is 0 Å². The van der Waals surface area contributed by atoms with Crippen LogP contribution >= 0.6 is 11.6 Å². The molecule has 1 fully saturated rings. The van der Waals surface area contributed by atoms with Crippen molar-refractivity contribution in [3.8, 4) is 0 Å². The predicted molar refractivity (Wildman–Crippen MR) is 65.9 cm³/mol. The minimum atomic E-state index is 0.523. The van der Waals surface area contributed by atoms with Gasteiger partial charge in [0, 0.05) is 19.8 Å². The summed E-state index contributed by atoms with van der Waals surface area (Å²) in [6.45, 7) is 2.64. The van der Waals surface area contributed by atoms with Gasteiger partial charge in [0.25, 0.3) is 0 Å². The maximum atomic E-state index is 5.77. The summed E-state index contributed by atoms with van der Waals surface area (Å²) in [6, 6.07) is 5.57. The van der Waals surface area contributed by atoms with E-state index in [1.54, 1.807) is 6.07 Å². The van der Waals surface area contributed by atoms with Crippen LogP contribution in [0.3, 0.4) is 0 Å². The van der Waals surface area contributed by atoms with Crippen molar-refractivity contribution in [3.63, 3.8) is 0 Å². The monoisotopic (exact) mass is 240 g/mol. The molecule has 0 aliphatic heterocycles. The molecule has 1 aromatic rings. The minimum Gasteiger partial charge on any atom is -0.381 e. The summed E-state index contributed by atoms with van der Waals surface area (Å²) < 4.78 is 5.53. The average Bonchev–Trinajstić information content (AvgIpc) is 3.07. The third-order valence-corrected chi connectivity index (χ3v) is 2.75. The number of ether oxygens (including phenoxy) is 1. The number of nitrogens with one attached hydrogen (secondary N) is 1. The topological polar surface area (TPSA) is 34.1 Å². The fourth-order valence-corrected chi connectivity index (χ4v) is 1.60. The molecule has 0 amide bonds. The summed E-state index contributed by atoms with van der Waals surface area (Å²) in [5, 5.41) is 3.74. The van der Waals surface area contributed by atoms with Gasteiger partial charge in [-0.15, -0.1) is 0 Å². The Balaban J connectivity index is 1.53. The second kappa shape index (κ2) is 6.06. The molecule has 2 rings (SSSR count). The Kier molecular flexibility index (Phi) is 4.43. The Morgan fingerprint density at radius 2 is 2.31 bits per heavy atom. The van der Waals surface area contributed by atoms with Crippen LogP contribution in [0.2, 0.25) is 5.15 Å². The molecule has 0 bridgehead atoms.